The van der Waals surface area contributed by atoms with Gasteiger partial charge in [-0.15, -0.1) is 0 Å². The molecule has 166 valence electrons. The summed E-state index contributed by atoms with van der Waals surface area (Å²) in [5.41, 5.74) is -0.558. The van der Waals surface area contributed by atoms with Gasteiger partial charge < -0.3 is 15.4 Å². The first kappa shape index (κ1) is 22.6. The van der Waals surface area contributed by atoms with Crippen molar-refractivity contribution >= 4 is 28.6 Å². The van der Waals surface area contributed by atoms with E-state index >= 15 is 0 Å². The number of carbonyl (C=O) groups is 3. The predicted molar refractivity (Wildman–Crippen MR) is 120 cm³/mol. The van der Waals surface area contributed by atoms with E-state index in [0.717, 1.165) is 47.1 Å². The maximum Gasteiger partial charge on any atom is 0.325 e. The molecule has 1 aliphatic heterocycles. The van der Waals surface area contributed by atoms with Crippen molar-refractivity contribution in [2.75, 3.05) is 13.7 Å². The molecule has 1 saturated heterocycles. The number of amides is 4. The molecule has 4 amide bonds. The van der Waals surface area contributed by atoms with Crippen LogP contribution in [-0.4, -0.2) is 42.4 Å². The van der Waals surface area contributed by atoms with E-state index in [0.29, 0.717) is 5.56 Å². The van der Waals surface area contributed by atoms with Gasteiger partial charge in [0.1, 0.15) is 17.8 Å². The van der Waals surface area contributed by atoms with Gasteiger partial charge in [-0.25, -0.2) is 4.79 Å². The van der Waals surface area contributed by atoms with Crippen LogP contribution in [0.2, 0.25) is 0 Å². The molecule has 31 heavy (non-hydrogen) atoms. The van der Waals surface area contributed by atoms with Crippen LogP contribution < -0.4 is 15.4 Å². The second kappa shape index (κ2) is 9.37. The van der Waals surface area contributed by atoms with Crippen molar-refractivity contribution in [3.8, 4) is 5.75 Å². The Morgan fingerprint density at radius 1 is 1.16 bits per heavy atom. The number of ether oxygens (including phenoxy) is 1. The fraction of sp³-hybridized carbons (Fsp3) is 0.458. The molecule has 2 N–H and O–H groups in total. The highest BCUT2D eigenvalue weighted by atomic mass is 16.5. The molecule has 0 aromatic heterocycles. The molecule has 7 nitrogen and oxygen atoms in total. The van der Waals surface area contributed by atoms with Gasteiger partial charge in [0.15, 0.2) is 0 Å². The largest absolute Gasteiger partial charge is 0.497 e. The van der Waals surface area contributed by atoms with E-state index in [4.69, 9.17) is 4.74 Å². The van der Waals surface area contributed by atoms with Gasteiger partial charge in [0.05, 0.1) is 7.11 Å². The van der Waals surface area contributed by atoms with Gasteiger partial charge in [0.2, 0.25) is 5.91 Å². The zero-order valence-electron chi connectivity index (χ0n) is 18.7. The van der Waals surface area contributed by atoms with E-state index in [1.54, 1.807) is 14.0 Å². The summed E-state index contributed by atoms with van der Waals surface area (Å²) in [6, 6.07) is 10.7. The lowest BCUT2D eigenvalue weighted by Crippen LogP contribution is -2.45. The fourth-order valence-corrected chi connectivity index (χ4v) is 3.93. The van der Waals surface area contributed by atoms with Gasteiger partial charge in [0, 0.05) is 6.04 Å². The van der Waals surface area contributed by atoms with Crippen LogP contribution >= 0.6 is 0 Å². The lowest BCUT2D eigenvalue weighted by Gasteiger charge is -2.23. The predicted octanol–water partition coefficient (Wildman–Crippen LogP) is 3.70. The van der Waals surface area contributed by atoms with E-state index in [9.17, 15) is 14.4 Å². The fourth-order valence-electron chi connectivity index (χ4n) is 3.93. The lowest BCUT2D eigenvalue weighted by molar-refractivity contribution is -0.135. The van der Waals surface area contributed by atoms with Crippen LogP contribution in [0.1, 0.15) is 52.0 Å². The quantitative estimate of drug-likeness (QED) is 0.474. The summed E-state index contributed by atoms with van der Waals surface area (Å²) < 4.78 is 5.25. The zero-order valence-corrected chi connectivity index (χ0v) is 18.7. The van der Waals surface area contributed by atoms with Crippen LogP contribution in [-0.2, 0) is 15.1 Å². The molecule has 3 rings (SSSR count). The van der Waals surface area contributed by atoms with Crippen LogP contribution in [0.15, 0.2) is 36.4 Å². The van der Waals surface area contributed by atoms with Crippen molar-refractivity contribution in [2.24, 2.45) is 0 Å². The Kier molecular flexibility index (Phi) is 6.83. The van der Waals surface area contributed by atoms with Crippen molar-refractivity contribution in [3.05, 3.63) is 42.0 Å². The third kappa shape index (κ3) is 4.81. The first-order valence-electron chi connectivity index (χ1n) is 10.8. The highest BCUT2D eigenvalue weighted by molar-refractivity contribution is 6.09. The smallest absolute Gasteiger partial charge is 0.325 e. The molecule has 2 aromatic carbocycles. The highest BCUT2D eigenvalue weighted by Crippen LogP contribution is 2.32. The Bertz CT molecular complexity index is 990. The number of imide groups is 1. The van der Waals surface area contributed by atoms with E-state index in [1.165, 1.54) is 0 Å². The number of hydrogen-bond donors (Lipinski definition) is 2. The molecule has 2 atom stereocenters. The molecular formula is C24H31N3O4. The number of benzene rings is 2. The normalized spacial score (nSPS) is 19.4. The monoisotopic (exact) mass is 425 g/mol. The Balaban J connectivity index is 1.72. The summed E-state index contributed by atoms with van der Waals surface area (Å²) in [7, 11) is 1.61. The van der Waals surface area contributed by atoms with Gasteiger partial charge in [-0.1, -0.05) is 44.4 Å². The standard InChI is InChI=1S/C24H31N3O4/c1-5-6-7-8-16(2)25-21(28)15-27-22(29)24(3,26-23(27)30)19-11-9-18-14-20(31-4)12-10-17(18)13-19/h9-14,16H,5-8,15H2,1-4H3,(H,25,28)(H,26,30)/t16-,24-/m1/s1. The molecule has 0 aliphatic carbocycles. The Morgan fingerprint density at radius 3 is 2.58 bits per heavy atom. The van der Waals surface area contributed by atoms with Gasteiger partial charge >= 0.3 is 6.03 Å². The molecule has 2 aromatic rings. The number of fused-ring (bicyclic) bond motifs is 1. The third-order valence-corrected chi connectivity index (χ3v) is 5.85. The van der Waals surface area contributed by atoms with Gasteiger partial charge in [-0.2, -0.15) is 0 Å². The first-order chi connectivity index (χ1) is 14.8. The van der Waals surface area contributed by atoms with Crippen molar-refractivity contribution in [2.45, 2.75) is 58.0 Å². The van der Waals surface area contributed by atoms with Crippen LogP contribution in [0, 0.1) is 0 Å². The average Bonchev–Trinajstić information content (AvgIpc) is 2.97. The molecule has 0 radical (unpaired) electrons. The van der Waals surface area contributed by atoms with Crippen LogP contribution in [0.4, 0.5) is 4.79 Å². The Morgan fingerprint density at radius 2 is 1.87 bits per heavy atom. The Hall–Kier alpha value is -3.09. The van der Waals surface area contributed by atoms with Crippen molar-refractivity contribution in [3.63, 3.8) is 0 Å². The van der Waals surface area contributed by atoms with Gasteiger partial charge in [0.25, 0.3) is 5.91 Å². The molecule has 1 fully saturated rings. The lowest BCUT2D eigenvalue weighted by atomic mass is 9.90. The van der Waals surface area contributed by atoms with Crippen LogP contribution in [0.3, 0.4) is 0 Å². The zero-order chi connectivity index (χ0) is 22.6. The molecule has 0 bridgehead atoms. The summed E-state index contributed by atoms with van der Waals surface area (Å²) in [6.45, 7) is 5.45. The number of hydrogen-bond acceptors (Lipinski definition) is 4. The second-order valence-electron chi connectivity index (χ2n) is 8.34. The van der Waals surface area contributed by atoms with Crippen LogP contribution in [0.5, 0.6) is 5.75 Å². The minimum absolute atomic E-state index is 0.00341. The summed E-state index contributed by atoms with van der Waals surface area (Å²) in [5, 5.41) is 7.55. The van der Waals surface area contributed by atoms with E-state index in [2.05, 4.69) is 17.6 Å². The minimum Gasteiger partial charge on any atom is -0.497 e. The average molecular weight is 426 g/mol. The Labute approximate surface area is 183 Å². The number of nitrogens with zero attached hydrogens (tertiary/aromatic N) is 1. The second-order valence-corrected chi connectivity index (χ2v) is 8.34. The molecule has 7 heteroatoms. The van der Waals surface area contributed by atoms with E-state index in [1.807, 2.05) is 43.3 Å². The van der Waals surface area contributed by atoms with Gasteiger partial charge in [-0.3, -0.25) is 14.5 Å². The third-order valence-electron chi connectivity index (χ3n) is 5.85. The number of carbonyl (C=O) groups excluding carboxylic acids is 3. The summed E-state index contributed by atoms with van der Waals surface area (Å²) in [4.78, 5) is 39.1. The summed E-state index contributed by atoms with van der Waals surface area (Å²) in [6.07, 6.45) is 4.14. The van der Waals surface area contributed by atoms with Crippen molar-refractivity contribution in [1.29, 1.82) is 0 Å². The topological polar surface area (TPSA) is 87.7 Å². The number of methoxy groups -OCH3 is 1. The van der Waals surface area contributed by atoms with E-state index in [-0.39, 0.29) is 18.5 Å². The number of urea groups is 1. The number of unbranched alkanes of at least 4 members (excludes halogenated alkanes) is 2. The molecule has 0 unspecified atom stereocenters. The maximum absolute atomic E-state index is 13.1. The SMILES string of the molecule is CCCCC[C@@H](C)NC(=O)CN1C(=O)N[C@](C)(c2ccc3cc(OC)ccc3c2)C1=O. The minimum atomic E-state index is -1.22. The molecule has 1 aliphatic rings. The first-order valence-corrected chi connectivity index (χ1v) is 10.8. The van der Waals surface area contributed by atoms with Crippen LogP contribution in [0.25, 0.3) is 10.8 Å². The van der Waals surface area contributed by atoms with Crippen molar-refractivity contribution < 1.29 is 19.1 Å². The summed E-state index contributed by atoms with van der Waals surface area (Å²) >= 11 is 0. The molecule has 0 saturated carbocycles. The number of rotatable bonds is 9. The van der Waals surface area contributed by atoms with Crippen molar-refractivity contribution in [1.82, 2.24) is 15.5 Å². The molecule has 0 spiro atoms. The highest BCUT2D eigenvalue weighted by Gasteiger charge is 2.49. The summed E-state index contributed by atoms with van der Waals surface area (Å²) in [5.74, 6) is -0.0145. The van der Waals surface area contributed by atoms with E-state index < -0.39 is 17.5 Å². The molecular weight excluding hydrogens is 394 g/mol. The molecule has 1 heterocycles. The van der Waals surface area contributed by atoms with Gasteiger partial charge in [-0.05, 0) is 54.8 Å². The number of nitrogens with one attached hydrogen (secondary N) is 2. The maximum atomic E-state index is 13.1.